The van der Waals surface area contributed by atoms with Crippen LogP contribution in [0.15, 0.2) is 0 Å². The molecule has 4 heteroatoms. The molecule has 1 saturated carbocycles. The SMILES string of the molecule is CC1NCCC1C(=O)N1CCN(C2CC2)CC1. The largest absolute Gasteiger partial charge is 0.340 e. The Morgan fingerprint density at radius 2 is 1.82 bits per heavy atom. The molecule has 0 aromatic heterocycles. The van der Waals surface area contributed by atoms with E-state index in [0.717, 1.165) is 45.2 Å². The van der Waals surface area contributed by atoms with E-state index in [9.17, 15) is 4.79 Å². The minimum Gasteiger partial charge on any atom is -0.340 e. The van der Waals surface area contributed by atoms with Gasteiger partial charge in [-0.05, 0) is 32.7 Å². The zero-order valence-corrected chi connectivity index (χ0v) is 10.7. The van der Waals surface area contributed by atoms with Crippen LogP contribution in [0.5, 0.6) is 0 Å². The molecule has 0 aromatic rings. The molecular formula is C13H23N3O. The molecule has 0 bridgehead atoms. The van der Waals surface area contributed by atoms with Crippen LogP contribution in [0, 0.1) is 5.92 Å². The van der Waals surface area contributed by atoms with E-state index in [4.69, 9.17) is 0 Å². The normalized spacial score (nSPS) is 35.2. The molecule has 0 spiro atoms. The van der Waals surface area contributed by atoms with Gasteiger partial charge in [-0.15, -0.1) is 0 Å². The fourth-order valence-corrected chi connectivity index (χ4v) is 3.18. The van der Waals surface area contributed by atoms with E-state index >= 15 is 0 Å². The number of rotatable bonds is 2. The predicted octanol–water partition coefficient (Wildman–Crippen LogP) is 0.291. The fraction of sp³-hybridized carbons (Fsp3) is 0.923. The Morgan fingerprint density at radius 3 is 2.35 bits per heavy atom. The van der Waals surface area contributed by atoms with E-state index < -0.39 is 0 Å². The van der Waals surface area contributed by atoms with Crippen molar-refractivity contribution < 1.29 is 4.79 Å². The number of amides is 1. The molecule has 2 aliphatic heterocycles. The van der Waals surface area contributed by atoms with Crippen LogP contribution in [0.2, 0.25) is 0 Å². The van der Waals surface area contributed by atoms with E-state index in [1.54, 1.807) is 0 Å². The van der Waals surface area contributed by atoms with E-state index in [-0.39, 0.29) is 5.92 Å². The number of carbonyl (C=O) groups is 1. The summed E-state index contributed by atoms with van der Waals surface area (Å²) in [7, 11) is 0. The number of hydrogen-bond donors (Lipinski definition) is 1. The van der Waals surface area contributed by atoms with Crippen LogP contribution in [0.4, 0.5) is 0 Å². The van der Waals surface area contributed by atoms with Gasteiger partial charge in [-0.1, -0.05) is 0 Å². The van der Waals surface area contributed by atoms with Crippen molar-refractivity contribution in [3.8, 4) is 0 Å². The van der Waals surface area contributed by atoms with Gasteiger partial charge >= 0.3 is 0 Å². The van der Waals surface area contributed by atoms with Crippen molar-refractivity contribution >= 4 is 5.91 Å². The zero-order chi connectivity index (χ0) is 11.8. The molecule has 3 aliphatic rings. The molecule has 3 rings (SSSR count). The predicted molar refractivity (Wildman–Crippen MR) is 66.7 cm³/mol. The summed E-state index contributed by atoms with van der Waals surface area (Å²) in [6, 6.07) is 1.21. The van der Waals surface area contributed by atoms with Crippen molar-refractivity contribution in [1.82, 2.24) is 15.1 Å². The summed E-state index contributed by atoms with van der Waals surface area (Å²) in [6.45, 7) is 7.20. The van der Waals surface area contributed by atoms with Gasteiger partial charge in [-0.3, -0.25) is 9.69 Å². The number of nitrogens with zero attached hydrogens (tertiary/aromatic N) is 2. The number of carbonyl (C=O) groups excluding carboxylic acids is 1. The lowest BCUT2D eigenvalue weighted by atomic mass is 10.00. The smallest absolute Gasteiger partial charge is 0.227 e. The lowest BCUT2D eigenvalue weighted by Gasteiger charge is -2.36. The highest BCUT2D eigenvalue weighted by molar-refractivity contribution is 5.80. The molecule has 4 nitrogen and oxygen atoms in total. The minimum absolute atomic E-state index is 0.225. The molecule has 17 heavy (non-hydrogen) atoms. The molecule has 2 heterocycles. The van der Waals surface area contributed by atoms with Crippen molar-refractivity contribution in [2.75, 3.05) is 32.7 Å². The summed E-state index contributed by atoms with van der Waals surface area (Å²) in [5, 5.41) is 3.37. The zero-order valence-electron chi connectivity index (χ0n) is 10.7. The molecular weight excluding hydrogens is 214 g/mol. The minimum atomic E-state index is 0.225. The quantitative estimate of drug-likeness (QED) is 0.750. The Balaban J connectivity index is 1.53. The molecule has 1 aliphatic carbocycles. The second-order valence-electron chi connectivity index (χ2n) is 5.73. The van der Waals surface area contributed by atoms with E-state index in [1.807, 2.05) is 0 Å². The van der Waals surface area contributed by atoms with Gasteiger partial charge in [0.1, 0.15) is 0 Å². The molecule has 2 saturated heterocycles. The average molecular weight is 237 g/mol. The van der Waals surface area contributed by atoms with Gasteiger partial charge in [0.25, 0.3) is 0 Å². The number of nitrogens with one attached hydrogen (secondary N) is 1. The second-order valence-corrected chi connectivity index (χ2v) is 5.73. The summed E-state index contributed by atoms with van der Waals surface area (Å²) in [5.74, 6) is 0.612. The number of piperazine rings is 1. The lowest BCUT2D eigenvalue weighted by Crippen LogP contribution is -2.51. The maximum Gasteiger partial charge on any atom is 0.227 e. The lowest BCUT2D eigenvalue weighted by molar-refractivity contribution is -0.137. The van der Waals surface area contributed by atoms with Crippen LogP contribution < -0.4 is 5.32 Å². The molecule has 1 N–H and O–H groups in total. The van der Waals surface area contributed by atoms with Gasteiger partial charge < -0.3 is 10.2 Å². The summed E-state index contributed by atoms with van der Waals surface area (Å²) >= 11 is 0. The molecule has 2 unspecified atom stereocenters. The first-order chi connectivity index (χ1) is 8.25. The third kappa shape index (κ3) is 2.33. The Labute approximate surface area is 103 Å². The Morgan fingerprint density at radius 1 is 1.12 bits per heavy atom. The van der Waals surface area contributed by atoms with Crippen LogP contribution in [0.1, 0.15) is 26.2 Å². The van der Waals surface area contributed by atoms with Gasteiger partial charge in [0, 0.05) is 38.3 Å². The highest BCUT2D eigenvalue weighted by Crippen LogP contribution is 2.28. The van der Waals surface area contributed by atoms with E-state index in [2.05, 4.69) is 22.0 Å². The highest BCUT2D eigenvalue weighted by atomic mass is 16.2. The van der Waals surface area contributed by atoms with Gasteiger partial charge in [0.05, 0.1) is 5.92 Å². The Kier molecular flexibility index (Phi) is 3.09. The molecule has 3 fully saturated rings. The van der Waals surface area contributed by atoms with Crippen molar-refractivity contribution in [2.24, 2.45) is 5.92 Å². The first kappa shape index (κ1) is 11.5. The summed E-state index contributed by atoms with van der Waals surface area (Å²) < 4.78 is 0. The van der Waals surface area contributed by atoms with Gasteiger partial charge in [-0.25, -0.2) is 0 Å². The maximum absolute atomic E-state index is 12.4. The van der Waals surface area contributed by atoms with Crippen molar-refractivity contribution in [3.63, 3.8) is 0 Å². The average Bonchev–Trinajstić information content (AvgIpc) is 3.12. The Bertz CT molecular complexity index is 295. The topological polar surface area (TPSA) is 35.6 Å². The fourth-order valence-electron chi connectivity index (χ4n) is 3.18. The van der Waals surface area contributed by atoms with Gasteiger partial charge in [-0.2, -0.15) is 0 Å². The van der Waals surface area contributed by atoms with Crippen LogP contribution in [0.3, 0.4) is 0 Å². The van der Waals surface area contributed by atoms with Gasteiger partial charge in [0.15, 0.2) is 0 Å². The highest BCUT2D eigenvalue weighted by Gasteiger charge is 2.36. The summed E-state index contributed by atoms with van der Waals surface area (Å²) in [5.41, 5.74) is 0. The molecule has 2 atom stereocenters. The molecule has 0 radical (unpaired) electrons. The van der Waals surface area contributed by atoms with Crippen molar-refractivity contribution in [1.29, 1.82) is 0 Å². The number of hydrogen-bond acceptors (Lipinski definition) is 3. The molecule has 0 aromatic carbocycles. The van der Waals surface area contributed by atoms with Crippen LogP contribution in [-0.4, -0.2) is 60.5 Å². The molecule has 1 amide bonds. The van der Waals surface area contributed by atoms with Gasteiger partial charge in [0.2, 0.25) is 5.91 Å². The first-order valence-electron chi connectivity index (χ1n) is 7.02. The summed E-state index contributed by atoms with van der Waals surface area (Å²) in [4.78, 5) is 17.0. The maximum atomic E-state index is 12.4. The third-order valence-electron chi connectivity index (χ3n) is 4.53. The van der Waals surface area contributed by atoms with Crippen LogP contribution in [-0.2, 0) is 4.79 Å². The van der Waals surface area contributed by atoms with E-state index in [1.165, 1.54) is 12.8 Å². The van der Waals surface area contributed by atoms with E-state index in [0.29, 0.717) is 11.9 Å². The van der Waals surface area contributed by atoms with Crippen molar-refractivity contribution in [2.45, 2.75) is 38.3 Å². The molecule has 96 valence electrons. The third-order valence-corrected chi connectivity index (χ3v) is 4.53. The van der Waals surface area contributed by atoms with Crippen LogP contribution in [0.25, 0.3) is 0 Å². The summed E-state index contributed by atoms with van der Waals surface area (Å²) in [6.07, 6.45) is 3.76. The monoisotopic (exact) mass is 237 g/mol. The second kappa shape index (κ2) is 4.58. The Hall–Kier alpha value is -0.610. The first-order valence-corrected chi connectivity index (χ1v) is 7.02. The van der Waals surface area contributed by atoms with Crippen molar-refractivity contribution in [3.05, 3.63) is 0 Å². The standard InChI is InChI=1S/C13H23N3O/c1-10-12(4-5-14-10)13(17)16-8-6-15(7-9-16)11-2-3-11/h10-12,14H,2-9H2,1H3. The van der Waals surface area contributed by atoms with Crippen LogP contribution >= 0.6 is 0 Å².